The fourth-order valence-electron chi connectivity index (χ4n) is 3.99. The van der Waals surface area contributed by atoms with Gasteiger partial charge in [-0.05, 0) is 69.6 Å². The lowest BCUT2D eigenvalue weighted by molar-refractivity contribution is -0.127. The zero-order chi connectivity index (χ0) is 22.5. The molecule has 1 aliphatic heterocycles. The molecule has 1 atom stereocenters. The largest absolute Gasteiger partial charge is 0.497 e. The minimum atomic E-state index is 0.0101. The molecule has 7 heteroatoms. The van der Waals surface area contributed by atoms with Gasteiger partial charge < -0.3 is 14.6 Å². The summed E-state index contributed by atoms with van der Waals surface area (Å²) in [4.78, 5) is 19.5. The van der Waals surface area contributed by atoms with E-state index >= 15 is 0 Å². The molecule has 1 aromatic heterocycles. The number of likely N-dealkylation sites (tertiary alicyclic amines) is 1. The van der Waals surface area contributed by atoms with Crippen LogP contribution in [0.25, 0.3) is 11.4 Å². The molecule has 1 aliphatic rings. The number of nitrogens with zero attached hydrogens (tertiary/aromatic N) is 3. The zero-order valence-electron chi connectivity index (χ0n) is 18.9. The van der Waals surface area contributed by atoms with E-state index in [1.807, 2.05) is 31.2 Å². The number of aryl methyl sites for hydroxylation is 1. The normalized spacial score (nSPS) is 16.0. The number of piperidine rings is 1. The van der Waals surface area contributed by atoms with Crippen molar-refractivity contribution in [1.29, 1.82) is 0 Å². The third-order valence-corrected chi connectivity index (χ3v) is 6.07. The highest BCUT2D eigenvalue weighted by molar-refractivity contribution is 5.79. The van der Waals surface area contributed by atoms with Crippen LogP contribution >= 0.6 is 0 Å². The molecule has 0 spiro atoms. The van der Waals surface area contributed by atoms with E-state index in [4.69, 9.17) is 9.26 Å². The molecule has 1 amide bonds. The lowest BCUT2D eigenvalue weighted by Gasteiger charge is -2.30. The van der Waals surface area contributed by atoms with Crippen LogP contribution in [0.2, 0.25) is 0 Å². The summed E-state index contributed by atoms with van der Waals surface area (Å²) in [6.45, 7) is 6.36. The fraction of sp³-hybridized carbons (Fsp3) is 0.400. The van der Waals surface area contributed by atoms with Crippen molar-refractivity contribution in [3.63, 3.8) is 0 Å². The number of nitrogens with one attached hydrogen (secondary N) is 1. The van der Waals surface area contributed by atoms with E-state index in [1.54, 1.807) is 7.11 Å². The molecule has 1 unspecified atom stereocenters. The first kappa shape index (κ1) is 22.0. The third-order valence-electron chi connectivity index (χ3n) is 6.07. The molecule has 4 rings (SSSR count). The van der Waals surface area contributed by atoms with Crippen molar-refractivity contribution in [2.24, 2.45) is 5.92 Å². The second-order valence-corrected chi connectivity index (χ2v) is 8.43. The molecule has 168 valence electrons. The van der Waals surface area contributed by atoms with Crippen LogP contribution in [-0.4, -0.2) is 41.1 Å². The average Bonchev–Trinajstić information content (AvgIpc) is 3.28. The average molecular weight is 435 g/mol. The van der Waals surface area contributed by atoms with E-state index in [1.165, 1.54) is 5.56 Å². The molecule has 7 nitrogen and oxygen atoms in total. The van der Waals surface area contributed by atoms with Crippen molar-refractivity contribution in [3.05, 3.63) is 65.5 Å². The minimum Gasteiger partial charge on any atom is -0.497 e. The van der Waals surface area contributed by atoms with Crippen molar-refractivity contribution >= 4 is 5.91 Å². The summed E-state index contributed by atoms with van der Waals surface area (Å²) in [6, 6.07) is 15.9. The Morgan fingerprint density at radius 1 is 1.16 bits per heavy atom. The van der Waals surface area contributed by atoms with Gasteiger partial charge >= 0.3 is 0 Å². The van der Waals surface area contributed by atoms with Crippen molar-refractivity contribution in [3.8, 4) is 17.1 Å². The summed E-state index contributed by atoms with van der Waals surface area (Å²) in [7, 11) is 1.64. The van der Waals surface area contributed by atoms with E-state index in [-0.39, 0.29) is 17.9 Å². The number of benzene rings is 2. The van der Waals surface area contributed by atoms with Crippen molar-refractivity contribution in [1.82, 2.24) is 20.4 Å². The predicted octanol–water partition coefficient (Wildman–Crippen LogP) is 4.14. The van der Waals surface area contributed by atoms with E-state index in [0.717, 1.165) is 42.8 Å². The van der Waals surface area contributed by atoms with Crippen LogP contribution in [0.4, 0.5) is 0 Å². The monoisotopic (exact) mass is 434 g/mol. The fourth-order valence-corrected chi connectivity index (χ4v) is 3.99. The molecule has 32 heavy (non-hydrogen) atoms. The van der Waals surface area contributed by atoms with Crippen molar-refractivity contribution in [2.75, 3.05) is 20.2 Å². The first-order valence-electron chi connectivity index (χ1n) is 11.1. The van der Waals surface area contributed by atoms with Crippen LogP contribution in [0.15, 0.2) is 53.1 Å². The van der Waals surface area contributed by atoms with E-state index in [9.17, 15) is 4.79 Å². The lowest BCUT2D eigenvalue weighted by Crippen LogP contribution is -2.40. The summed E-state index contributed by atoms with van der Waals surface area (Å²) in [5.74, 6) is 2.13. The Bertz CT molecular complexity index is 1020. The number of hydrogen-bond acceptors (Lipinski definition) is 6. The van der Waals surface area contributed by atoms with E-state index in [0.29, 0.717) is 18.3 Å². The van der Waals surface area contributed by atoms with Crippen LogP contribution in [0.1, 0.15) is 42.8 Å². The van der Waals surface area contributed by atoms with Gasteiger partial charge in [-0.25, -0.2) is 0 Å². The third kappa shape index (κ3) is 5.34. The van der Waals surface area contributed by atoms with Gasteiger partial charge in [0.25, 0.3) is 0 Å². The molecule has 0 aliphatic carbocycles. The molecule has 0 radical (unpaired) electrons. The zero-order valence-corrected chi connectivity index (χ0v) is 18.9. The second kappa shape index (κ2) is 9.96. The van der Waals surface area contributed by atoms with Gasteiger partial charge in [0.1, 0.15) is 5.75 Å². The van der Waals surface area contributed by atoms with E-state index < -0.39 is 0 Å². The first-order chi connectivity index (χ1) is 15.5. The Balaban J connectivity index is 1.26. The predicted molar refractivity (Wildman–Crippen MR) is 122 cm³/mol. The molecule has 1 saturated heterocycles. The van der Waals surface area contributed by atoms with Gasteiger partial charge in [0.15, 0.2) is 0 Å². The van der Waals surface area contributed by atoms with Gasteiger partial charge in [-0.3, -0.25) is 9.69 Å². The Morgan fingerprint density at radius 2 is 1.84 bits per heavy atom. The SMILES string of the molecule is COc1ccc(-c2noc(CN3CCC(C(=O)NC(C)c4ccc(C)cc4)CC3)n2)cc1. The molecule has 1 N–H and O–H groups in total. The standard InChI is InChI=1S/C25H30N4O3/c1-17-4-6-19(7-5-17)18(2)26-25(30)21-12-14-29(15-13-21)16-23-27-24(28-32-23)20-8-10-22(31-3)11-9-20/h4-11,18,21H,12-16H2,1-3H3,(H,26,30). The van der Waals surface area contributed by atoms with Crippen molar-refractivity contribution < 1.29 is 14.1 Å². The molecular formula is C25H30N4O3. The highest BCUT2D eigenvalue weighted by Gasteiger charge is 2.27. The number of carbonyl (C=O) groups excluding carboxylic acids is 1. The summed E-state index contributed by atoms with van der Waals surface area (Å²) < 4.78 is 10.6. The number of hydrogen-bond donors (Lipinski definition) is 1. The Hall–Kier alpha value is -3.19. The lowest BCUT2D eigenvalue weighted by atomic mass is 9.95. The quantitative estimate of drug-likeness (QED) is 0.602. The van der Waals surface area contributed by atoms with Crippen molar-refractivity contribution in [2.45, 2.75) is 39.3 Å². The van der Waals surface area contributed by atoms with Crippen LogP contribution < -0.4 is 10.1 Å². The Labute approximate surface area is 188 Å². The first-order valence-corrected chi connectivity index (χ1v) is 11.1. The number of carbonyl (C=O) groups is 1. The highest BCUT2D eigenvalue weighted by atomic mass is 16.5. The number of rotatable bonds is 7. The Morgan fingerprint density at radius 3 is 2.50 bits per heavy atom. The minimum absolute atomic E-state index is 0.0101. The number of amides is 1. The molecule has 2 heterocycles. The molecule has 2 aromatic carbocycles. The van der Waals surface area contributed by atoms with Gasteiger partial charge in [-0.1, -0.05) is 35.0 Å². The molecule has 0 bridgehead atoms. The molecule has 3 aromatic rings. The number of aromatic nitrogens is 2. The topological polar surface area (TPSA) is 80.5 Å². The summed E-state index contributed by atoms with van der Waals surface area (Å²) >= 11 is 0. The second-order valence-electron chi connectivity index (χ2n) is 8.43. The smallest absolute Gasteiger partial charge is 0.241 e. The van der Waals surface area contributed by atoms with Crippen LogP contribution in [0.3, 0.4) is 0 Å². The molecular weight excluding hydrogens is 404 g/mol. The van der Waals surface area contributed by atoms with Gasteiger partial charge in [0.05, 0.1) is 19.7 Å². The van der Waals surface area contributed by atoms with Gasteiger partial charge in [-0.2, -0.15) is 4.98 Å². The van der Waals surface area contributed by atoms with Gasteiger partial charge in [0.2, 0.25) is 17.6 Å². The maximum Gasteiger partial charge on any atom is 0.241 e. The van der Waals surface area contributed by atoms with E-state index in [2.05, 4.69) is 51.5 Å². The maximum absolute atomic E-state index is 12.7. The van der Waals surface area contributed by atoms with Gasteiger partial charge in [0, 0.05) is 11.5 Å². The summed E-state index contributed by atoms with van der Waals surface area (Å²) in [6.07, 6.45) is 1.65. The molecule has 1 fully saturated rings. The molecule has 0 saturated carbocycles. The van der Waals surface area contributed by atoms with Crippen LogP contribution in [-0.2, 0) is 11.3 Å². The number of ether oxygens (including phenoxy) is 1. The number of methoxy groups -OCH3 is 1. The maximum atomic E-state index is 12.7. The van der Waals surface area contributed by atoms with Crippen LogP contribution in [0.5, 0.6) is 5.75 Å². The summed E-state index contributed by atoms with van der Waals surface area (Å²) in [5.41, 5.74) is 3.24. The van der Waals surface area contributed by atoms with Crippen LogP contribution in [0, 0.1) is 12.8 Å². The summed E-state index contributed by atoms with van der Waals surface area (Å²) in [5, 5.41) is 7.27. The van der Waals surface area contributed by atoms with Gasteiger partial charge in [-0.15, -0.1) is 0 Å². The Kier molecular flexibility index (Phi) is 6.85. The highest BCUT2D eigenvalue weighted by Crippen LogP contribution is 2.23.